The first-order valence-electron chi connectivity index (χ1n) is 10.9. The van der Waals surface area contributed by atoms with Crippen molar-refractivity contribution in [2.75, 3.05) is 26.2 Å². The van der Waals surface area contributed by atoms with Crippen molar-refractivity contribution in [3.8, 4) is 5.82 Å². The summed E-state index contributed by atoms with van der Waals surface area (Å²) in [6, 6.07) is 3.57. The normalized spacial score (nSPS) is 21.7. The standard InChI is InChI=1S/C22H25N7O4/c1-14-10-28(17-12-33-20(31)15(17)2)21(32)22(14)5-7-27(8-6-22)11-18(30)16-3-4-19(23-9-16)29-13-24-25-26-29/h3-4,9-10,13,18,30H,5-8,11-12H2,1-2H3. The molecular formula is C22H25N7O4. The highest BCUT2D eigenvalue weighted by Gasteiger charge is 2.50. The van der Waals surface area contributed by atoms with E-state index in [9.17, 15) is 14.7 Å². The molecule has 3 aliphatic heterocycles. The van der Waals surface area contributed by atoms with E-state index >= 15 is 0 Å². The molecule has 5 heterocycles. The first-order valence-corrected chi connectivity index (χ1v) is 10.9. The van der Waals surface area contributed by atoms with Crippen molar-refractivity contribution in [1.82, 2.24) is 35.0 Å². The number of carbonyl (C=O) groups is 2. The van der Waals surface area contributed by atoms with E-state index in [1.165, 1.54) is 11.0 Å². The number of esters is 1. The molecule has 0 bridgehead atoms. The van der Waals surface area contributed by atoms with Crippen LogP contribution >= 0.6 is 0 Å². The zero-order valence-electron chi connectivity index (χ0n) is 18.5. The zero-order valence-corrected chi connectivity index (χ0v) is 18.5. The number of pyridine rings is 1. The maximum atomic E-state index is 13.4. The number of aromatic nitrogens is 5. The molecule has 0 saturated carbocycles. The van der Waals surface area contributed by atoms with Gasteiger partial charge in [0.2, 0.25) is 5.91 Å². The third-order valence-corrected chi connectivity index (χ3v) is 6.96. The minimum absolute atomic E-state index is 0.00948. The van der Waals surface area contributed by atoms with Crippen LogP contribution in [-0.4, -0.2) is 78.2 Å². The van der Waals surface area contributed by atoms with Crippen LogP contribution in [0.2, 0.25) is 0 Å². The van der Waals surface area contributed by atoms with Crippen molar-refractivity contribution in [3.05, 3.63) is 53.3 Å². The van der Waals surface area contributed by atoms with Gasteiger partial charge in [0.1, 0.15) is 12.9 Å². The minimum Gasteiger partial charge on any atom is -0.456 e. The smallest absolute Gasteiger partial charge is 0.336 e. The van der Waals surface area contributed by atoms with Gasteiger partial charge in [-0.25, -0.2) is 9.78 Å². The molecule has 1 fully saturated rings. The quantitative estimate of drug-likeness (QED) is 0.655. The van der Waals surface area contributed by atoms with Gasteiger partial charge < -0.3 is 14.7 Å². The van der Waals surface area contributed by atoms with Crippen LogP contribution in [0.25, 0.3) is 5.82 Å². The molecule has 1 unspecified atom stereocenters. The Labute approximate surface area is 190 Å². The number of rotatable bonds is 5. The number of amides is 1. The summed E-state index contributed by atoms with van der Waals surface area (Å²) in [5.74, 6) is 0.214. The first kappa shape index (κ1) is 21.4. The lowest BCUT2D eigenvalue weighted by molar-refractivity contribution is -0.138. The van der Waals surface area contributed by atoms with E-state index in [0.29, 0.717) is 55.1 Å². The number of cyclic esters (lactones) is 1. The molecule has 0 aromatic carbocycles. The van der Waals surface area contributed by atoms with E-state index in [1.54, 1.807) is 24.1 Å². The van der Waals surface area contributed by atoms with E-state index in [-0.39, 0.29) is 18.5 Å². The number of carbonyl (C=O) groups excluding carboxylic acids is 2. The van der Waals surface area contributed by atoms with Crippen LogP contribution in [-0.2, 0) is 14.3 Å². The Hall–Kier alpha value is -3.44. The Morgan fingerprint density at radius 1 is 1.21 bits per heavy atom. The van der Waals surface area contributed by atoms with Crippen LogP contribution in [0.3, 0.4) is 0 Å². The van der Waals surface area contributed by atoms with Gasteiger partial charge in [0.05, 0.1) is 22.8 Å². The third kappa shape index (κ3) is 3.62. The maximum Gasteiger partial charge on any atom is 0.336 e. The van der Waals surface area contributed by atoms with E-state index in [0.717, 1.165) is 5.57 Å². The minimum atomic E-state index is -0.698. The Kier molecular flexibility index (Phi) is 5.29. The molecule has 172 valence electrons. The molecule has 11 heteroatoms. The molecule has 0 aliphatic carbocycles. The lowest BCUT2D eigenvalue weighted by atomic mass is 9.74. The number of aliphatic hydroxyl groups excluding tert-OH is 1. The molecule has 3 aliphatic rings. The highest BCUT2D eigenvalue weighted by molar-refractivity contribution is 5.96. The molecule has 1 N–H and O–H groups in total. The van der Waals surface area contributed by atoms with Crippen LogP contribution in [0.5, 0.6) is 0 Å². The van der Waals surface area contributed by atoms with Crippen molar-refractivity contribution in [2.45, 2.75) is 32.8 Å². The fourth-order valence-corrected chi connectivity index (χ4v) is 4.77. The highest BCUT2D eigenvalue weighted by atomic mass is 16.5. The van der Waals surface area contributed by atoms with E-state index in [1.807, 2.05) is 19.2 Å². The molecular weight excluding hydrogens is 426 g/mol. The van der Waals surface area contributed by atoms with Gasteiger partial charge >= 0.3 is 5.97 Å². The van der Waals surface area contributed by atoms with Crippen LogP contribution in [0.1, 0.15) is 38.4 Å². The SMILES string of the molecule is CC1=CN(C2=C(C)C(=O)OC2)C(=O)C12CCN(CC(O)c1ccc(-n3cnnn3)nc1)CC2. The monoisotopic (exact) mass is 451 g/mol. The number of hydrogen-bond acceptors (Lipinski definition) is 9. The molecule has 2 aromatic rings. The molecule has 5 rings (SSSR count). The molecule has 2 aromatic heterocycles. The number of tetrazole rings is 1. The lowest BCUT2D eigenvalue weighted by Gasteiger charge is -2.40. The molecule has 0 radical (unpaired) electrons. The van der Waals surface area contributed by atoms with Gasteiger partial charge in [-0.3, -0.25) is 9.69 Å². The summed E-state index contributed by atoms with van der Waals surface area (Å²) in [7, 11) is 0. The summed E-state index contributed by atoms with van der Waals surface area (Å²) >= 11 is 0. The number of β-amino-alcohol motifs (C(OH)–C–C–N with tert-alkyl or cyclic N) is 1. The molecule has 1 amide bonds. The number of ether oxygens (including phenoxy) is 1. The van der Waals surface area contributed by atoms with Gasteiger partial charge in [-0.05, 0) is 61.8 Å². The Morgan fingerprint density at radius 2 is 2.00 bits per heavy atom. The van der Waals surface area contributed by atoms with Crippen molar-refractivity contribution < 1.29 is 19.4 Å². The van der Waals surface area contributed by atoms with Gasteiger partial charge in [-0.15, -0.1) is 5.10 Å². The highest BCUT2D eigenvalue weighted by Crippen LogP contribution is 2.46. The van der Waals surface area contributed by atoms with Crippen LogP contribution in [0, 0.1) is 5.41 Å². The van der Waals surface area contributed by atoms with Gasteiger partial charge in [0, 0.05) is 24.5 Å². The summed E-state index contributed by atoms with van der Waals surface area (Å²) < 4.78 is 6.54. The average Bonchev–Trinajstić information content (AvgIpc) is 3.53. The maximum absolute atomic E-state index is 13.4. The van der Waals surface area contributed by atoms with Crippen LogP contribution < -0.4 is 0 Å². The number of hydrogen-bond donors (Lipinski definition) is 1. The second kappa shape index (κ2) is 8.16. The van der Waals surface area contributed by atoms with Gasteiger partial charge in [0.25, 0.3) is 0 Å². The number of nitrogens with zero attached hydrogens (tertiary/aromatic N) is 7. The average molecular weight is 451 g/mol. The summed E-state index contributed by atoms with van der Waals surface area (Å²) in [6.07, 6.45) is 5.56. The molecule has 1 atom stereocenters. The third-order valence-electron chi connectivity index (χ3n) is 6.96. The Morgan fingerprint density at radius 3 is 2.61 bits per heavy atom. The summed E-state index contributed by atoms with van der Waals surface area (Å²) in [4.78, 5) is 33.2. The topological polar surface area (TPSA) is 127 Å². The molecule has 1 spiro atoms. The summed E-state index contributed by atoms with van der Waals surface area (Å²) in [6.45, 7) is 5.63. The van der Waals surface area contributed by atoms with E-state index in [4.69, 9.17) is 4.74 Å². The van der Waals surface area contributed by atoms with Crippen molar-refractivity contribution in [1.29, 1.82) is 0 Å². The van der Waals surface area contributed by atoms with Crippen LogP contribution in [0.4, 0.5) is 0 Å². The molecule has 11 nitrogen and oxygen atoms in total. The van der Waals surface area contributed by atoms with Gasteiger partial charge in [-0.2, -0.15) is 4.68 Å². The summed E-state index contributed by atoms with van der Waals surface area (Å²) in [5.41, 5.74) is 2.28. The number of likely N-dealkylation sites (tertiary alicyclic amines) is 1. The number of piperidine rings is 1. The zero-order chi connectivity index (χ0) is 23.2. The second-order valence-corrected chi connectivity index (χ2v) is 8.74. The predicted octanol–water partition coefficient (Wildman–Crippen LogP) is 0.750. The predicted molar refractivity (Wildman–Crippen MR) is 114 cm³/mol. The van der Waals surface area contributed by atoms with Gasteiger partial charge in [0.15, 0.2) is 5.82 Å². The largest absolute Gasteiger partial charge is 0.456 e. The van der Waals surface area contributed by atoms with E-state index < -0.39 is 11.5 Å². The Balaban J connectivity index is 1.22. The lowest BCUT2D eigenvalue weighted by Crippen LogP contribution is -2.47. The van der Waals surface area contributed by atoms with E-state index in [2.05, 4.69) is 25.4 Å². The van der Waals surface area contributed by atoms with Gasteiger partial charge in [-0.1, -0.05) is 6.07 Å². The second-order valence-electron chi connectivity index (χ2n) is 8.74. The molecule has 33 heavy (non-hydrogen) atoms. The first-order chi connectivity index (χ1) is 15.9. The number of aliphatic hydroxyl groups is 1. The van der Waals surface area contributed by atoms with Crippen molar-refractivity contribution in [3.63, 3.8) is 0 Å². The van der Waals surface area contributed by atoms with Crippen molar-refractivity contribution >= 4 is 11.9 Å². The Bertz CT molecular complexity index is 1130. The fourth-order valence-electron chi connectivity index (χ4n) is 4.77. The summed E-state index contributed by atoms with van der Waals surface area (Å²) in [5, 5.41) is 21.7. The van der Waals surface area contributed by atoms with Crippen LogP contribution in [0.15, 0.2) is 47.7 Å². The molecule has 1 saturated heterocycles. The fraction of sp³-hybridized carbons (Fsp3) is 0.455. The van der Waals surface area contributed by atoms with Crippen molar-refractivity contribution in [2.24, 2.45) is 5.41 Å².